The van der Waals surface area contributed by atoms with E-state index in [0.717, 1.165) is 65.4 Å². The van der Waals surface area contributed by atoms with Gasteiger partial charge in [-0.2, -0.15) is 10.2 Å². The average Bonchev–Trinajstić information content (AvgIpc) is 3.74. The number of likely N-dealkylation sites (tertiary alicyclic amines) is 1. The second-order valence-corrected chi connectivity index (χ2v) is 17.6. The number of methoxy groups -OCH3 is 1. The van der Waals surface area contributed by atoms with Gasteiger partial charge in [-0.15, -0.1) is 0 Å². The number of nitrogens with zero attached hydrogens (tertiary/aromatic N) is 6. The van der Waals surface area contributed by atoms with Crippen LogP contribution in [0.1, 0.15) is 82.0 Å². The highest BCUT2D eigenvalue weighted by molar-refractivity contribution is 6.36. The minimum Gasteiger partial charge on any atom is -0.444 e. The molecule has 5 aromatic rings. The molecule has 0 N–H and O–H groups in total. The lowest BCUT2D eigenvalue weighted by Gasteiger charge is -2.58. The molecule has 2 amide bonds. The monoisotopic (exact) mass is 826 g/mol. The van der Waals surface area contributed by atoms with Crippen LogP contribution in [0.5, 0.6) is 0 Å². The number of halogens is 2. The van der Waals surface area contributed by atoms with Gasteiger partial charge in [0, 0.05) is 60.0 Å². The predicted octanol–water partition coefficient (Wildman–Crippen LogP) is 10.0. The van der Waals surface area contributed by atoms with Crippen molar-refractivity contribution in [1.29, 1.82) is 0 Å². The molecule has 3 aromatic carbocycles. The first-order valence-electron chi connectivity index (χ1n) is 20.4. The van der Waals surface area contributed by atoms with Crippen LogP contribution in [-0.4, -0.2) is 82.2 Å². The van der Waals surface area contributed by atoms with Crippen LogP contribution in [0, 0.1) is 25.1 Å². The van der Waals surface area contributed by atoms with Gasteiger partial charge in [0.2, 0.25) is 0 Å². The molecule has 3 fully saturated rings. The average molecular weight is 827 g/mol. The van der Waals surface area contributed by atoms with Crippen molar-refractivity contribution >= 4 is 40.4 Å². The molecule has 8 rings (SSSR count). The van der Waals surface area contributed by atoms with Gasteiger partial charge >= 0.3 is 12.2 Å². The van der Waals surface area contributed by atoms with E-state index in [-0.39, 0.29) is 49.1 Å². The Bertz CT molecular complexity index is 2350. The van der Waals surface area contributed by atoms with Crippen LogP contribution in [0.25, 0.3) is 33.3 Å². The van der Waals surface area contributed by atoms with Crippen LogP contribution in [0.15, 0.2) is 60.8 Å². The Hall–Kier alpha value is -4.98. The van der Waals surface area contributed by atoms with Gasteiger partial charge in [0.25, 0.3) is 0 Å². The summed E-state index contributed by atoms with van der Waals surface area (Å²) in [5.41, 5.74) is 5.27. The maximum absolute atomic E-state index is 16.9. The maximum Gasteiger partial charge on any atom is 0.414 e. The molecule has 2 aromatic heterocycles. The second kappa shape index (κ2) is 16.2. The summed E-state index contributed by atoms with van der Waals surface area (Å²) in [6.45, 7) is 11.9. The van der Waals surface area contributed by atoms with Crippen molar-refractivity contribution in [2.24, 2.45) is 5.41 Å². The predicted molar refractivity (Wildman–Crippen MR) is 224 cm³/mol. The highest BCUT2D eigenvalue weighted by Gasteiger charge is 2.55. The lowest BCUT2D eigenvalue weighted by atomic mass is 9.61. The van der Waals surface area contributed by atoms with E-state index in [1.807, 2.05) is 86.6 Å². The number of fused-ring (bicyclic) bond motifs is 1. The number of rotatable bonds is 10. The van der Waals surface area contributed by atoms with E-state index >= 15 is 4.39 Å². The Balaban J connectivity index is 1.17. The summed E-state index contributed by atoms with van der Waals surface area (Å²) < 4.78 is 43.5. The van der Waals surface area contributed by atoms with Gasteiger partial charge < -0.3 is 23.8 Å². The SMILES string of the molecule is COCCN(C(=O)OCc1ccccc1)c1ccc(-c2nn(C3CC4(C3)CN(C(=O)OC(C)(C)C)C4)c(C)c2-c2c(Cl)c(C)cc3c2cnn3C2CCCCO2)c(F)c1. The van der Waals surface area contributed by atoms with Gasteiger partial charge in [-0.1, -0.05) is 41.9 Å². The van der Waals surface area contributed by atoms with Gasteiger partial charge in [-0.05, 0) is 102 Å². The van der Waals surface area contributed by atoms with Gasteiger partial charge in [0.05, 0.1) is 41.6 Å². The van der Waals surface area contributed by atoms with Gasteiger partial charge in [0.15, 0.2) is 6.23 Å². The van der Waals surface area contributed by atoms with Crippen molar-refractivity contribution in [3.8, 4) is 22.4 Å². The summed E-state index contributed by atoms with van der Waals surface area (Å²) in [5, 5.41) is 11.4. The van der Waals surface area contributed by atoms with E-state index in [1.165, 1.54) is 11.0 Å². The summed E-state index contributed by atoms with van der Waals surface area (Å²) in [6.07, 6.45) is 5.23. The molecular weight excluding hydrogens is 775 g/mol. The minimum atomic E-state index is -0.619. The molecule has 0 radical (unpaired) electrons. The van der Waals surface area contributed by atoms with Gasteiger partial charge in [-0.25, -0.2) is 18.7 Å². The third-order valence-electron chi connectivity index (χ3n) is 11.7. The highest BCUT2D eigenvalue weighted by atomic mass is 35.5. The molecule has 59 heavy (non-hydrogen) atoms. The molecule has 1 spiro atoms. The van der Waals surface area contributed by atoms with E-state index in [4.69, 9.17) is 40.7 Å². The van der Waals surface area contributed by atoms with Crippen LogP contribution < -0.4 is 4.90 Å². The molecule has 4 heterocycles. The first kappa shape index (κ1) is 40.8. The number of carbonyl (C=O) groups is 2. The van der Waals surface area contributed by atoms with Crippen LogP contribution in [-0.2, 0) is 25.6 Å². The molecule has 2 saturated heterocycles. The maximum atomic E-state index is 16.9. The Morgan fingerprint density at radius 3 is 2.47 bits per heavy atom. The quantitative estimate of drug-likeness (QED) is 0.137. The fourth-order valence-corrected chi connectivity index (χ4v) is 9.05. The number of hydrogen-bond acceptors (Lipinski definition) is 8. The summed E-state index contributed by atoms with van der Waals surface area (Å²) in [7, 11) is 1.54. The van der Waals surface area contributed by atoms with Crippen molar-refractivity contribution in [2.75, 3.05) is 44.9 Å². The first-order valence-corrected chi connectivity index (χ1v) is 20.8. The molecule has 12 nitrogen and oxygen atoms in total. The fraction of sp³-hybridized carbons (Fsp3) is 0.467. The topological polar surface area (TPSA) is 113 Å². The summed E-state index contributed by atoms with van der Waals surface area (Å²) in [4.78, 5) is 29.4. The molecule has 1 aliphatic carbocycles. The van der Waals surface area contributed by atoms with Crippen LogP contribution in [0.2, 0.25) is 5.02 Å². The van der Waals surface area contributed by atoms with Crippen LogP contribution in [0.3, 0.4) is 0 Å². The van der Waals surface area contributed by atoms with E-state index in [2.05, 4.69) is 0 Å². The third-order valence-corrected chi connectivity index (χ3v) is 12.2. The number of carbonyl (C=O) groups excluding carboxylic acids is 2. The van der Waals surface area contributed by atoms with Crippen molar-refractivity contribution in [1.82, 2.24) is 24.5 Å². The summed E-state index contributed by atoms with van der Waals surface area (Å²) >= 11 is 7.28. The molecule has 3 aliphatic rings. The largest absolute Gasteiger partial charge is 0.444 e. The fourth-order valence-electron chi connectivity index (χ4n) is 8.80. The summed E-state index contributed by atoms with van der Waals surface area (Å²) in [6, 6.07) is 16.2. The van der Waals surface area contributed by atoms with E-state index in [0.29, 0.717) is 41.7 Å². The van der Waals surface area contributed by atoms with E-state index in [9.17, 15) is 9.59 Å². The highest BCUT2D eigenvalue weighted by Crippen LogP contribution is 2.56. The molecule has 1 atom stereocenters. The lowest BCUT2D eigenvalue weighted by Crippen LogP contribution is -2.64. The van der Waals surface area contributed by atoms with Crippen molar-refractivity contribution in [2.45, 2.75) is 91.2 Å². The van der Waals surface area contributed by atoms with Crippen LogP contribution >= 0.6 is 11.6 Å². The van der Waals surface area contributed by atoms with Crippen LogP contribution in [0.4, 0.5) is 19.7 Å². The zero-order valence-corrected chi connectivity index (χ0v) is 35.4. The van der Waals surface area contributed by atoms with Gasteiger partial charge in [-0.3, -0.25) is 9.58 Å². The second-order valence-electron chi connectivity index (χ2n) is 17.2. The Labute approximate surface area is 349 Å². The van der Waals surface area contributed by atoms with E-state index < -0.39 is 17.5 Å². The van der Waals surface area contributed by atoms with E-state index in [1.54, 1.807) is 24.1 Å². The van der Waals surface area contributed by atoms with Crippen molar-refractivity contribution in [3.05, 3.63) is 88.5 Å². The van der Waals surface area contributed by atoms with Crippen molar-refractivity contribution < 1.29 is 32.9 Å². The van der Waals surface area contributed by atoms with Crippen molar-refractivity contribution in [3.63, 3.8) is 0 Å². The Kier molecular flexibility index (Phi) is 11.2. The number of anilines is 1. The third kappa shape index (κ3) is 8.04. The lowest BCUT2D eigenvalue weighted by molar-refractivity contribution is -0.0930. The van der Waals surface area contributed by atoms with Gasteiger partial charge in [0.1, 0.15) is 23.7 Å². The number of aryl methyl sites for hydroxylation is 1. The molecule has 14 heteroatoms. The Morgan fingerprint density at radius 2 is 1.80 bits per heavy atom. The molecular formula is C45H52ClFN6O6. The minimum absolute atomic E-state index is 0.0204. The number of aromatic nitrogens is 4. The molecule has 0 bridgehead atoms. The zero-order valence-electron chi connectivity index (χ0n) is 34.6. The number of hydrogen-bond donors (Lipinski definition) is 0. The number of ether oxygens (including phenoxy) is 4. The normalized spacial score (nSPS) is 17.8. The zero-order chi connectivity index (χ0) is 41.6. The smallest absolute Gasteiger partial charge is 0.414 e. The molecule has 1 saturated carbocycles. The molecule has 2 aliphatic heterocycles. The number of amides is 2. The standard InChI is InChI=1S/C45H52ClFN6O6/c1-28-20-36-34(24-48-53(36)37-14-10-11-18-57-37)39(40(28)46)38-29(2)52(32-22-45(23-32)26-50(27-45)42(54)59-44(3,4)5)49-41(38)33-16-15-31(21-35(33)47)51(17-19-56-6)43(55)58-25-30-12-8-7-9-13-30/h7-9,12-13,15-16,20-21,24,32,37H,10-11,14,17-19,22-23,25-27H2,1-6H3. The molecule has 1 unspecified atom stereocenters. The Morgan fingerprint density at radius 1 is 1.03 bits per heavy atom. The molecule has 312 valence electrons. The summed E-state index contributed by atoms with van der Waals surface area (Å²) in [5.74, 6) is -0.560. The number of benzene rings is 3. The first-order chi connectivity index (χ1) is 28.3.